The minimum atomic E-state index is 0.0700. The Balaban J connectivity index is 2.27. The monoisotopic (exact) mass is 213 g/mol. The van der Waals surface area contributed by atoms with E-state index in [1.807, 2.05) is 6.92 Å². The van der Waals surface area contributed by atoms with Gasteiger partial charge >= 0.3 is 0 Å². The Morgan fingerprint density at radius 1 is 1.33 bits per heavy atom. The zero-order chi connectivity index (χ0) is 11.3. The molecule has 0 aromatic heterocycles. The SMILES string of the molecule is CCOCCC1(N)CCC(C(C)C)CC1. The molecule has 1 aliphatic carbocycles. The van der Waals surface area contributed by atoms with E-state index in [4.69, 9.17) is 10.5 Å². The first-order chi connectivity index (χ1) is 7.07. The van der Waals surface area contributed by atoms with Gasteiger partial charge in [-0.1, -0.05) is 13.8 Å². The van der Waals surface area contributed by atoms with Gasteiger partial charge in [-0.15, -0.1) is 0 Å². The van der Waals surface area contributed by atoms with Crippen molar-refractivity contribution >= 4 is 0 Å². The van der Waals surface area contributed by atoms with E-state index < -0.39 is 0 Å². The van der Waals surface area contributed by atoms with Crippen molar-refractivity contribution < 1.29 is 4.74 Å². The zero-order valence-corrected chi connectivity index (χ0v) is 10.6. The van der Waals surface area contributed by atoms with Crippen LogP contribution in [0.1, 0.15) is 52.9 Å². The van der Waals surface area contributed by atoms with Gasteiger partial charge in [0.25, 0.3) is 0 Å². The van der Waals surface area contributed by atoms with Gasteiger partial charge in [-0.25, -0.2) is 0 Å². The minimum absolute atomic E-state index is 0.0700. The Morgan fingerprint density at radius 2 is 1.93 bits per heavy atom. The molecule has 0 aromatic carbocycles. The fourth-order valence-corrected chi connectivity index (χ4v) is 2.55. The first-order valence-corrected chi connectivity index (χ1v) is 6.44. The van der Waals surface area contributed by atoms with Gasteiger partial charge < -0.3 is 10.5 Å². The van der Waals surface area contributed by atoms with Crippen molar-refractivity contribution in [2.45, 2.75) is 58.4 Å². The Hall–Kier alpha value is -0.0800. The lowest BCUT2D eigenvalue weighted by atomic mass is 9.72. The van der Waals surface area contributed by atoms with E-state index in [2.05, 4.69) is 13.8 Å². The van der Waals surface area contributed by atoms with E-state index in [-0.39, 0.29) is 5.54 Å². The maximum absolute atomic E-state index is 6.38. The summed E-state index contributed by atoms with van der Waals surface area (Å²) in [4.78, 5) is 0. The molecular weight excluding hydrogens is 186 g/mol. The van der Waals surface area contributed by atoms with E-state index in [1.165, 1.54) is 25.7 Å². The standard InChI is InChI=1S/C13H27NO/c1-4-15-10-9-13(14)7-5-12(6-8-13)11(2)3/h11-12H,4-10,14H2,1-3H3. The maximum Gasteiger partial charge on any atom is 0.0483 e. The van der Waals surface area contributed by atoms with Gasteiger partial charge in [-0.3, -0.25) is 0 Å². The molecule has 0 unspecified atom stereocenters. The van der Waals surface area contributed by atoms with Gasteiger partial charge in [0, 0.05) is 18.8 Å². The van der Waals surface area contributed by atoms with Crippen molar-refractivity contribution in [1.82, 2.24) is 0 Å². The van der Waals surface area contributed by atoms with Gasteiger partial charge in [0.15, 0.2) is 0 Å². The van der Waals surface area contributed by atoms with Crippen LogP contribution in [0.5, 0.6) is 0 Å². The predicted octanol–water partition coefficient (Wildman–Crippen LogP) is 2.96. The summed E-state index contributed by atoms with van der Waals surface area (Å²) in [7, 11) is 0. The highest BCUT2D eigenvalue weighted by molar-refractivity contribution is 4.90. The van der Waals surface area contributed by atoms with Crippen LogP contribution in [0.4, 0.5) is 0 Å². The molecule has 1 rings (SSSR count). The topological polar surface area (TPSA) is 35.2 Å². The fourth-order valence-electron chi connectivity index (χ4n) is 2.55. The number of hydrogen-bond donors (Lipinski definition) is 1. The van der Waals surface area contributed by atoms with Gasteiger partial charge in [0.05, 0.1) is 0 Å². The number of ether oxygens (including phenoxy) is 1. The molecule has 2 nitrogen and oxygen atoms in total. The van der Waals surface area contributed by atoms with Gasteiger partial charge in [0.2, 0.25) is 0 Å². The van der Waals surface area contributed by atoms with Gasteiger partial charge in [-0.05, 0) is 50.9 Å². The second-order valence-corrected chi connectivity index (χ2v) is 5.39. The van der Waals surface area contributed by atoms with Crippen LogP contribution in [0.2, 0.25) is 0 Å². The third-order valence-electron chi connectivity index (χ3n) is 3.92. The van der Waals surface area contributed by atoms with E-state index in [9.17, 15) is 0 Å². The Bertz CT molecular complexity index is 171. The quantitative estimate of drug-likeness (QED) is 0.713. The number of nitrogens with two attached hydrogens (primary N) is 1. The Kier molecular flexibility index (Phi) is 5.07. The summed E-state index contributed by atoms with van der Waals surface area (Å²) in [5.74, 6) is 1.72. The van der Waals surface area contributed by atoms with Gasteiger partial charge in [0.1, 0.15) is 0 Å². The molecule has 15 heavy (non-hydrogen) atoms. The lowest BCUT2D eigenvalue weighted by Crippen LogP contribution is -2.44. The normalized spacial score (nSPS) is 32.2. The number of rotatable bonds is 5. The maximum atomic E-state index is 6.38. The van der Waals surface area contributed by atoms with Crippen LogP contribution in [-0.2, 0) is 4.74 Å². The van der Waals surface area contributed by atoms with E-state index >= 15 is 0 Å². The highest BCUT2D eigenvalue weighted by Crippen LogP contribution is 2.36. The van der Waals surface area contributed by atoms with E-state index in [1.54, 1.807) is 0 Å². The largest absolute Gasteiger partial charge is 0.382 e. The molecular formula is C13H27NO. The molecule has 2 N–H and O–H groups in total. The first kappa shape index (κ1) is 13.0. The lowest BCUT2D eigenvalue weighted by Gasteiger charge is -2.38. The molecule has 0 radical (unpaired) electrons. The molecule has 0 aliphatic heterocycles. The average Bonchev–Trinajstić information content (AvgIpc) is 2.18. The van der Waals surface area contributed by atoms with E-state index in [0.717, 1.165) is 31.5 Å². The predicted molar refractivity (Wildman–Crippen MR) is 64.8 cm³/mol. The zero-order valence-electron chi connectivity index (χ0n) is 10.6. The number of hydrogen-bond acceptors (Lipinski definition) is 2. The molecule has 0 aromatic rings. The van der Waals surface area contributed by atoms with Gasteiger partial charge in [-0.2, -0.15) is 0 Å². The average molecular weight is 213 g/mol. The summed E-state index contributed by atoms with van der Waals surface area (Å²) >= 11 is 0. The van der Waals surface area contributed by atoms with Crippen LogP contribution in [0, 0.1) is 11.8 Å². The summed E-state index contributed by atoms with van der Waals surface area (Å²) in [6, 6.07) is 0. The van der Waals surface area contributed by atoms with Crippen molar-refractivity contribution in [3.05, 3.63) is 0 Å². The molecule has 90 valence electrons. The van der Waals surface area contributed by atoms with Crippen LogP contribution in [0.25, 0.3) is 0 Å². The molecule has 0 bridgehead atoms. The van der Waals surface area contributed by atoms with Crippen molar-refractivity contribution in [1.29, 1.82) is 0 Å². The second-order valence-electron chi connectivity index (χ2n) is 5.39. The molecule has 2 heteroatoms. The smallest absolute Gasteiger partial charge is 0.0483 e. The second kappa shape index (κ2) is 5.86. The summed E-state index contributed by atoms with van der Waals surface area (Å²) < 4.78 is 5.40. The molecule has 0 atom stereocenters. The molecule has 1 fully saturated rings. The Labute approximate surface area is 94.6 Å². The van der Waals surface area contributed by atoms with Crippen molar-refractivity contribution in [3.63, 3.8) is 0 Å². The summed E-state index contributed by atoms with van der Waals surface area (Å²) in [5, 5.41) is 0. The van der Waals surface area contributed by atoms with Crippen molar-refractivity contribution in [2.75, 3.05) is 13.2 Å². The van der Waals surface area contributed by atoms with Crippen molar-refractivity contribution in [3.8, 4) is 0 Å². The first-order valence-electron chi connectivity index (χ1n) is 6.44. The molecule has 0 saturated heterocycles. The molecule has 0 spiro atoms. The van der Waals surface area contributed by atoms with Crippen LogP contribution >= 0.6 is 0 Å². The highest BCUT2D eigenvalue weighted by atomic mass is 16.5. The Morgan fingerprint density at radius 3 is 2.40 bits per heavy atom. The lowest BCUT2D eigenvalue weighted by molar-refractivity contribution is 0.103. The van der Waals surface area contributed by atoms with Crippen LogP contribution in [-0.4, -0.2) is 18.8 Å². The minimum Gasteiger partial charge on any atom is -0.382 e. The van der Waals surface area contributed by atoms with E-state index in [0.29, 0.717) is 0 Å². The van der Waals surface area contributed by atoms with Crippen LogP contribution < -0.4 is 5.73 Å². The summed E-state index contributed by atoms with van der Waals surface area (Å²) in [5.41, 5.74) is 6.45. The fraction of sp³-hybridized carbons (Fsp3) is 1.00. The third-order valence-corrected chi connectivity index (χ3v) is 3.92. The van der Waals surface area contributed by atoms with Crippen LogP contribution in [0.3, 0.4) is 0 Å². The van der Waals surface area contributed by atoms with Crippen LogP contribution in [0.15, 0.2) is 0 Å². The third kappa shape index (κ3) is 4.12. The highest BCUT2D eigenvalue weighted by Gasteiger charge is 2.32. The molecule has 0 heterocycles. The molecule has 1 saturated carbocycles. The summed E-state index contributed by atoms with van der Waals surface area (Å²) in [6.07, 6.45) is 6.01. The summed E-state index contributed by atoms with van der Waals surface area (Å²) in [6.45, 7) is 8.34. The molecule has 0 amide bonds. The molecule has 1 aliphatic rings. The van der Waals surface area contributed by atoms with Crippen molar-refractivity contribution in [2.24, 2.45) is 17.6 Å².